The van der Waals surface area contributed by atoms with Gasteiger partial charge in [-0.1, -0.05) is 19.1 Å². The number of hydrogen-bond donors (Lipinski definition) is 1. The van der Waals surface area contributed by atoms with Crippen LogP contribution in [0.1, 0.15) is 25.3 Å². The summed E-state index contributed by atoms with van der Waals surface area (Å²) in [4.78, 5) is 14.3. The second-order valence-corrected chi connectivity index (χ2v) is 5.23. The quantitative estimate of drug-likeness (QED) is 0.787. The number of benzene rings is 1. The summed E-state index contributed by atoms with van der Waals surface area (Å²) >= 11 is 0. The smallest absolute Gasteiger partial charge is 0.224 e. The minimum absolute atomic E-state index is 0.0852. The second-order valence-electron chi connectivity index (χ2n) is 5.23. The number of methoxy groups -OCH3 is 1. The van der Waals surface area contributed by atoms with E-state index in [2.05, 4.69) is 17.1 Å². The van der Waals surface area contributed by atoms with Crippen LogP contribution in [-0.2, 0) is 11.2 Å². The Hall–Kier alpha value is -1.55. The highest BCUT2D eigenvalue weighted by atomic mass is 16.5. The summed E-state index contributed by atoms with van der Waals surface area (Å²) in [5.74, 6) is 0.902. The van der Waals surface area contributed by atoms with Crippen molar-refractivity contribution in [3.8, 4) is 5.75 Å². The van der Waals surface area contributed by atoms with Gasteiger partial charge in [0, 0.05) is 19.1 Å². The van der Waals surface area contributed by atoms with Gasteiger partial charge in [0.1, 0.15) is 5.75 Å². The first-order valence-corrected chi connectivity index (χ1v) is 7.36. The van der Waals surface area contributed by atoms with Gasteiger partial charge in [0.25, 0.3) is 0 Å². The minimum Gasteiger partial charge on any atom is -0.497 e. The summed E-state index contributed by atoms with van der Waals surface area (Å²) in [5, 5.41) is 3.00. The lowest BCUT2D eigenvalue weighted by Gasteiger charge is -2.19. The number of rotatable bonds is 8. The second kappa shape index (κ2) is 7.29. The van der Waals surface area contributed by atoms with E-state index in [0.29, 0.717) is 6.42 Å². The maximum Gasteiger partial charge on any atom is 0.224 e. The van der Waals surface area contributed by atoms with Crippen LogP contribution in [0, 0.1) is 0 Å². The molecular weight excluding hydrogens is 252 g/mol. The third-order valence-electron chi connectivity index (χ3n) is 3.71. The van der Waals surface area contributed by atoms with Gasteiger partial charge in [-0.05, 0) is 37.1 Å². The first-order valence-electron chi connectivity index (χ1n) is 7.36. The number of nitrogens with zero attached hydrogens (tertiary/aromatic N) is 1. The summed E-state index contributed by atoms with van der Waals surface area (Å²) in [5.41, 5.74) is 1.01. The first kappa shape index (κ1) is 14.9. The number of ether oxygens (including phenoxy) is 1. The number of likely N-dealkylation sites (N-methyl/N-ethyl adjacent to an activating group) is 1. The number of amides is 1. The number of carbonyl (C=O) groups excluding carboxylic acids is 1. The SMILES string of the molecule is CCN(CCNC(=O)Cc1ccc(OC)cc1)C1CC1. The maximum absolute atomic E-state index is 11.9. The largest absolute Gasteiger partial charge is 0.497 e. The van der Waals surface area contributed by atoms with Crippen molar-refractivity contribution in [2.75, 3.05) is 26.7 Å². The normalized spacial score (nSPS) is 14.3. The highest BCUT2D eigenvalue weighted by molar-refractivity contribution is 5.78. The van der Waals surface area contributed by atoms with Crippen LogP contribution in [0.4, 0.5) is 0 Å². The molecule has 0 aliphatic heterocycles. The number of carbonyl (C=O) groups is 1. The summed E-state index contributed by atoms with van der Waals surface area (Å²) in [6.07, 6.45) is 3.06. The van der Waals surface area contributed by atoms with Gasteiger partial charge >= 0.3 is 0 Å². The van der Waals surface area contributed by atoms with Crippen molar-refractivity contribution in [1.29, 1.82) is 0 Å². The molecule has 2 rings (SSSR count). The third kappa shape index (κ3) is 4.53. The molecule has 1 amide bonds. The molecule has 0 saturated heterocycles. The van der Waals surface area contributed by atoms with Crippen molar-refractivity contribution >= 4 is 5.91 Å². The molecule has 0 aromatic heterocycles. The van der Waals surface area contributed by atoms with Crippen molar-refractivity contribution in [1.82, 2.24) is 10.2 Å². The van der Waals surface area contributed by atoms with Crippen molar-refractivity contribution < 1.29 is 9.53 Å². The van der Waals surface area contributed by atoms with Gasteiger partial charge in [0.15, 0.2) is 0 Å². The molecule has 4 nitrogen and oxygen atoms in total. The predicted octanol–water partition coefficient (Wildman–Crippen LogP) is 1.84. The summed E-state index contributed by atoms with van der Waals surface area (Å²) in [6.45, 7) is 4.94. The van der Waals surface area contributed by atoms with Gasteiger partial charge < -0.3 is 10.1 Å². The molecule has 1 aliphatic rings. The third-order valence-corrected chi connectivity index (χ3v) is 3.71. The molecule has 0 radical (unpaired) electrons. The molecule has 0 unspecified atom stereocenters. The van der Waals surface area contributed by atoms with Crippen LogP contribution in [-0.4, -0.2) is 43.6 Å². The molecule has 4 heteroatoms. The van der Waals surface area contributed by atoms with Crippen LogP contribution in [0.2, 0.25) is 0 Å². The lowest BCUT2D eigenvalue weighted by molar-refractivity contribution is -0.120. The minimum atomic E-state index is 0.0852. The van der Waals surface area contributed by atoms with Crippen LogP contribution in [0.25, 0.3) is 0 Å². The highest BCUT2D eigenvalue weighted by Crippen LogP contribution is 2.25. The van der Waals surface area contributed by atoms with E-state index < -0.39 is 0 Å². The van der Waals surface area contributed by atoms with Crippen LogP contribution >= 0.6 is 0 Å². The van der Waals surface area contributed by atoms with Crippen molar-refractivity contribution in [3.63, 3.8) is 0 Å². The molecule has 20 heavy (non-hydrogen) atoms. The van der Waals surface area contributed by atoms with Gasteiger partial charge in [-0.3, -0.25) is 9.69 Å². The van der Waals surface area contributed by atoms with E-state index in [1.807, 2.05) is 24.3 Å². The van der Waals surface area contributed by atoms with E-state index in [9.17, 15) is 4.79 Å². The Balaban J connectivity index is 1.68. The van der Waals surface area contributed by atoms with E-state index in [-0.39, 0.29) is 5.91 Å². The highest BCUT2D eigenvalue weighted by Gasteiger charge is 2.27. The Bertz CT molecular complexity index is 427. The van der Waals surface area contributed by atoms with E-state index >= 15 is 0 Å². The average Bonchev–Trinajstić information content (AvgIpc) is 3.29. The molecule has 0 bridgehead atoms. The molecule has 1 N–H and O–H groups in total. The molecule has 1 saturated carbocycles. The van der Waals surface area contributed by atoms with Crippen LogP contribution < -0.4 is 10.1 Å². The zero-order valence-corrected chi connectivity index (χ0v) is 12.4. The average molecular weight is 276 g/mol. The van der Waals surface area contributed by atoms with Gasteiger partial charge in [-0.25, -0.2) is 0 Å². The summed E-state index contributed by atoms with van der Waals surface area (Å²) in [7, 11) is 1.64. The van der Waals surface area contributed by atoms with E-state index in [1.54, 1.807) is 7.11 Å². The monoisotopic (exact) mass is 276 g/mol. The van der Waals surface area contributed by atoms with Crippen molar-refractivity contribution in [2.45, 2.75) is 32.2 Å². The topological polar surface area (TPSA) is 41.6 Å². The summed E-state index contributed by atoms with van der Waals surface area (Å²) < 4.78 is 5.10. The fraction of sp³-hybridized carbons (Fsp3) is 0.562. The first-order chi connectivity index (χ1) is 9.72. The molecule has 0 atom stereocenters. The zero-order valence-electron chi connectivity index (χ0n) is 12.4. The van der Waals surface area contributed by atoms with Crippen LogP contribution in [0.15, 0.2) is 24.3 Å². The lowest BCUT2D eigenvalue weighted by Crippen LogP contribution is -2.36. The molecule has 1 aromatic carbocycles. The Morgan fingerprint density at radius 1 is 1.35 bits per heavy atom. The van der Waals surface area contributed by atoms with Gasteiger partial charge in [0.2, 0.25) is 5.91 Å². The van der Waals surface area contributed by atoms with Gasteiger partial charge in [-0.2, -0.15) is 0 Å². The Labute approximate surface area is 121 Å². The maximum atomic E-state index is 11.9. The fourth-order valence-electron chi connectivity index (χ4n) is 2.37. The van der Waals surface area contributed by atoms with Crippen LogP contribution in [0.5, 0.6) is 5.75 Å². The standard InChI is InChI=1S/C16H24N2O2/c1-3-18(14-6-7-14)11-10-17-16(19)12-13-4-8-15(20-2)9-5-13/h4-5,8-9,14H,3,6-7,10-12H2,1-2H3,(H,17,19). The molecule has 110 valence electrons. The number of hydrogen-bond acceptors (Lipinski definition) is 3. The Morgan fingerprint density at radius 3 is 2.60 bits per heavy atom. The Kier molecular flexibility index (Phi) is 5.41. The van der Waals surface area contributed by atoms with E-state index in [4.69, 9.17) is 4.74 Å². The van der Waals surface area contributed by atoms with Crippen molar-refractivity contribution in [2.24, 2.45) is 0 Å². The van der Waals surface area contributed by atoms with Gasteiger partial charge in [-0.15, -0.1) is 0 Å². The van der Waals surface area contributed by atoms with Gasteiger partial charge in [0.05, 0.1) is 13.5 Å². The molecule has 1 aromatic rings. The molecule has 1 aliphatic carbocycles. The summed E-state index contributed by atoms with van der Waals surface area (Å²) in [6, 6.07) is 8.39. The zero-order chi connectivity index (χ0) is 14.4. The molecular formula is C16H24N2O2. The molecule has 0 spiro atoms. The fourth-order valence-corrected chi connectivity index (χ4v) is 2.37. The van der Waals surface area contributed by atoms with Crippen LogP contribution in [0.3, 0.4) is 0 Å². The lowest BCUT2D eigenvalue weighted by atomic mass is 10.1. The van der Waals surface area contributed by atoms with E-state index in [1.165, 1.54) is 12.8 Å². The van der Waals surface area contributed by atoms with E-state index in [0.717, 1.165) is 37.0 Å². The Morgan fingerprint density at radius 2 is 2.05 bits per heavy atom. The predicted molar refractivity (Wildman–Crippen MR) is 80.0 cm³/mol. The number of nitrogens with one attached hydrogen (secondary N) is 1. The molecule has 0 heterocycles. The molecule has 1 fully saturated rings. The van der Waals surface area contributed by atoms with Crippen molar-refractivity contribution in [3.05, 3.63) is 29.8 Å².